The molecule has 16 heavy (non-hydrogen) atoms. The minimum Gasteiger partial charge on any atom is -0.396 e. The Balaban J connectivity index is 0. The average molecular weight is 238 g/mol. The van der Waals surface area contributed by atoms with E-state index in [9.17, 15) is 5.11 Å². The minimum atomic E-state index is -0.899. The summed E-state index contributed by atoms with van der Waals surface area (Å²) in [7, 11) is 0. The zero-order chi connectivity index (χ0) is 13.2. The molecule has 0 spiro atoms. The zero-order valence-electron chi connectivity index (χ0n) is 10.5. The fourth-order valence-electron chi connectivity index (χ4n) is 0.657. The maximum absolute atomic E-state index is 9.19. The van der Waals surface area contributed by atoms with Gasteiger partial charge in [0, 0.05) is 18.6 Å². The third kappa shape index (κ3) is 11.9. The normalized spacial score (nSPS) is 12.0. The van der Waals surface area contributed by atoms with Crippen molar-refractivity contribution in [3.8, 4) is 0 Å². The Morgan fingerprint density at radius 3 is 1.19 bits per heavy atom. The van der Waals surface area contributed by atoms with Gasteiger partial charge in [0.25, 0.3) is 0 Å². The first kappa shape index (κ1) is 18.2. The molecular weight excluding hydrogens is 212 g/mol. The van der Waals surface area contributed by atoms with Gasteiger partial charge in [0.15, 0.2) is 0 Å². The summed E-state index contributed by atoms with van der Waals surface area (Å²) in [6.07, 6.45) is 0.654. The van der Waals surface area contributed by atoms with E-state index >= 15 is 0 Å². The minimum absolute atomic E-state index is 0.0347. The largest absolute Gasteiger partial charge is 0.396 e. The molecule has 100 valence electrons. The number of hydrogen-bond donors (Lipinski definition) is 5. The smallest absolute Gasteiger partial charge is 0.0663 e. The molecule has 0 rings (SSSR count). The molecule has 0 aliphatic heterocycles. The number of aliphatic hydroxyl groups is 5. The van der Waals surface area contributed by atoms with Gasteiger partial charge in [0.2, 0.25) is 0 Å². The Hall–Kier alpha value is -0.200. The fourth-order valence-corrected chi connectivity index (χ4v) is 0.657. The summed E-state index contributed by atoms with van der Waals surface area (Å²) in [5.41, 5.74) is -1.20. The van der Waals surface area contributed by atoms with Crippen molar-refractivity contribution in [3.05, 3.63) is 0 Å². The summed E-state index contributed by atoms with van der Waals surface area (Å²) in [6.45, 7) is 5.21. The Morgan fingerprint density at radius 1 is 0.750 bits per heavy atom. The van der Waals surface area contributed by atoms with Crippen molar-refractivity contribution in [3.63, 3.8) is 0 Å². The van der Waals surface area contributed by atoms with E-state index in [0.29, 0.717) is 12.8 Å². The van der Waals surface area contributed by atoms with Crippen LogP contribution >= 0.6 is 0 Å². The first-order valence-corrected chi connectivity index (χ1v) is 5.40. The van der Waals surface area contributed by atoms with Crippen LogP contribution in [0.4, 0.5) is 0 Å². The Labute approximate surface area is 97.4 Å². The van der Waals surface area contributed by atoms with Crippen molar-refractivity contribution in [1.82, 2.24) is 0 Å². The highest BCUT2D eigenvalue weighted by Crippen LogP contribution is 2.12. The third-order valence-electron chi connectivity index (χ3n) is 2.16. The van der Waals surface area contributed by atoms with Crippen molar-refractivity contribution in [2.75, 3.05) is 26.4 Å². The number of hydrogen-bond acceptors (Lipinski definition) is 5. The van der Waals surface area contributed by atoms with E-state index in [1.165, 1.54) is 0 Å². The number of aliphatic hydroxyl groups excluding tert-OH is 4. The van der Waals surface area contributed by atoms with Gasteiger partial charge in [-0.25, -0.2) is 0 Å². The van der Waals surface area contributed by atoms with Gasteiger partial charge in [-0.15, -0.1) is 0 Å². The molecule has 0 unspecified atom stereocenters. The lowest BCUT2D eigenvalue weighted by Gasteiger charge is -2.20. The van der Waals surface area contributed by atoms with Crippen LogP contribution in [0.2, 0.25) is 0 Å². The maximum Gasteiger partial charge on any atom is 0.0663 e. The summed E-state index contributed by atoms with van der Waals surface area (Å²) < 4.78 is 0. The standard InChI is InChI=1S/C6H14O3.C5H12O2/c1-6(9,2-4-7)3-5-8;1-5(2,3-6)4-7/h7-9H,2-5H2,1H3;6-7H,3-4H2,1-2H3. The number of rotatable bonds is 6. The van der Waals surface area contributed by atoms with Gasteiger partial charge in [0.05, 0.1) is 18.8 Å². The molecule has 0 aliphatic rings. The molecule has 0 aromatic heterocycles. The van der Waals surface area contributed by atoms with Gasteiger partial charge >= 0.3 is 0 Å². The summed E-state index contributed by atoms with van der Waals surface area (Å²) in [4.78, 5) is 0. The Morgan fingerprint density at radius 2 is 1.06 bits per heavy atom. The topological polar surface area (TPSA) is 101 Å². The summed E-state index contributed by atoms with van der Waals surface area (Å²) in [6, 6.07) is 0. The monoisotopic (exact) mass is 238 g/mol. The van der Waals surface area contributed by atoms with E-state index in [4.69, 9.17) is 20.4 Å². The lowest BCUT2D eigenvalue weighted by Crippen LogP contribution is -2.26. The van der Waals surface area contributed by atoms with Crippen LogP contribution < -0.4 is 0 Å². The van der Waals surface area contributed by atoms with E-state index in [-0.39, 0.29) is 31.8 Å². The van der Waals surface area contributed by atoms with Crippen LogP contribution in [0.5, 0.6) is 0 Å². The van der Waals surface area contributed by atoms with Gasteiger partial charge in [-0.3, -0.25) is 0 Å². The SMILES string of the molecule is CC(C)(CO)CO.CC(O)(CCO)CCO. The van der Waals surface area contributed by atoms with Crippen molar-refractivity contribution in [1.29, 1.82) is 0 Å². The van der Waals surface area contributed by atoms with E-state index in [2.05, 4.69) is 0 Å². The molecule has 0 fully saturated rings. The van der Waals surface area contributed by atoms with Crippen molar-refractivity contribution < 1.29 is 25.5 Å². The quantitative estimate of drug-likeness (QED) is 0.429. The van der Waals surface area contributed by atoms with E-state index in [0.717, 1.165) is 0 Å². The lowest BCUT2D eigenvalue weighted by atomic mass is 9.97. The molecule has 5 N–H and O–H groups in total. The summed E-state index contributed by atoms with van der Waals surface area (Å²) >= 11 is 0. The first-order valence-electron chi connectivity index (χ1n) is 5.40. The van der Waals surface area contributed by atoms with Crippen molar-refractivity contribution >= 4 is 0 Å². The van der Waals surface area contributed by atoms with Gasteiger partial charge in [-0.1, -0.05) is 13.8 Å². The molecular formula is C11H26O5. The van der Waals surface area contributed by atoms with E-state index in [1.807, 2.05) is 0 Å². The summed E-state index contributed by atoms with van der Waals surface area (Å²) in [5.74, 6) is 0. The van der Waals surface area contributed by atoms with Gasteiger partial charge in [0.1, 0.15) is 0 Å². The van der Waals surface area contributed by atoms with E-state index < -0.39 is 5.60 Å². The van der Waals surface area contributed by atoms with Crippen molar-refractivity contribution in [2.24, 2.45) is 5.41 Å². The average Bonchev–Trinajstić information content (AvgIpc) is 2.18. The molecule has 0 aromatic rings. The van der Waals surface area contributed by atoms with Crippen LogP contribution in [0.1, 0.15) is 33.6 Å². The molecule has 0 bridgehead atoms. The predicted octanol–water partition coefficient (Wildman–Crippen LogP) is -0.501. The highest BCUT2D eigenvalue weighted by atomic mass is 16.3. The van der Waals surface area contributed by atoms with Gasteiger partial charge in [-0.2, -0.15) is 0 Å². The second-order valence-corrected chi connectivity index (χ2v) is 4.92. The fraction of sp³-hybridized carbons (Fsp3) is 1.00. The van der Waals surface area contributed by atoms with Crippen LogP contribution in [0.3, 0.4) is 0 Å². The highest BCUT2D eigenvalue weighted by Gasteiger charge is 2.17. The molecule has 5 nitrogen and oxygen atoms in total. The molecule has 0 saturated carbocycles. The van der Waals surface area contributed by atoms with Crippen LogP contribution in [0, 0.1) is 5.41 Å². The van der Waals surface area contributed by atoms with Crippen LogP contribution in [0.25, 0.3) is 0 Å². The van der Waals surface area contributed by atoms with Crippen molar-refractivity contribution in [2.45, 2.75) is 39.2 Å². The van der Waals surface area contributed by atoms with Gasteiger partial charge in [-0.05, 0) is 19.8 Å². The molecule has 0 amide bonds. The molecule has 0 aliphatic carbocycles. The second kappa shape index (κ2) is 8.90. The molecule has 0 radical (unpaired) electrons. The zero-order valence-corrected chi connectivity index (χ0v) is 10.5. The Kier molecular flexibility index (Phi) is 10.1. The Bertz CT molecular complexity index is 142. The predicted molar refractivity (Wildman–Crippen MR) is 62.0 cm³/mol. The van der Waals surface area contributed by atoms with Gasteiger partial charge < -0.3 is 25.5 Å². The van der Waals surface area contributed by atoms with Crippen LogP contribution in [0.15, 0.2) is 0 Å². The van der Waals surface area contributed by atoms with Crippen LogP contribution in [-0.4, -0.2) is 57.6 Å². The highest BCUT2D eigenvalue weighted by molar-refractivity contribution is 4.70. The molecule has 0 saturated heterocycles. The lowest BCUT2D eigenvalue weighted by molar-refractivity contribution is 0.0116. The van der Waals surface area contributed by atoms with E-state index in [1.54, 1.807) is 20.8 Å². The molecule has 0 aromatic carbocycles. The first-order chi connectivity index (χ1) is 7.24. The third-order valence-corrected chi connectivity index (χ3v) is 2.16. The summed E-state index contributed by atoms with van der Waals surface area (Å²) in [5, 5.41) is 42.8. The second-order valence-electron chi connectivity index (χ2n) is 4.92. The molecule has 0 heterocycles. The molecule has 5 heteroatoms. The van der Waals surface area contributed by atoms with Crippen LogP contribution in [-0.2, 0) is 0 Å². The molecule has 0 atom stereocenters. The maximum atomic E-state index is 9.19.